The minimum atomic E-state index is 0.742. The molecular weight excluding hydrogens is 256 g/mol. The molecule has 0 radical (unpaired) electrons. The van der Waals surface area contributed by atoms with Gasteiger partial charge in [-0.15, -0.1) is 0 Å². The van der Waals surface area contributed by atoms with Crippen molar-refractivity contribution in [3.63, 3.8) is 0 Å². The third kappa shape index (κ3) is 3.58. The summed E-state index contributed by atoms with van der Waals surface area (Å²) in [5.74, 6) is 0. The van der Waals surface area contributed by atoms with Gasteiger partial charge in [0.2, 0.25) is 0 Å². The number of benzene rings is 2. The number of anilines is 1. The van der Waals surface area contributed by atoms with Gasteiger partial charge in [-0.3, -0.25) is 5.43 Å². The molecule has 2 aromatic carbocycles. The van der Waals surface area contributed by atoms with Gasteiger partial charge in [0, 0.05) is 5.02 Å². The number of nitrogens with zero attached hydrogens (tertiary/aromatic N) is 1. The summed E-state index contributed by atoms with van der Waals surface area (Å²) in [6, 6.07) is 12.1. The maximum Gasteiger partial charge on any atom is 0.0576 e. The summed E-state index contributed by atoms with van der Waals surface area (Å²) in [6.45, 7) is 6.14. The monoisotopic (exact) mass is 272 g/mol. The second-order valence-electron chi connectivity index (χ2n) is 4.69. The normalized spacial score (nSPS) is 10.9. The smallest absolute Gasteiger partial charge is 0.0576 e. The topological polar surface area (TPSA) is 24.4 Å². The molecule has 0 amide bonds. The van der Waals surface area contributed by atoms with Gasteiger partial charge in [-0.05, 0) is 49.6 Å². The minimum absolute atomic E-state index is 0.742. The Morgan fingerprint density at radius 1 is 1.00 bits per heavy atom. The molecule has 0 aliphatic rings. The SMILES string of the molecule is Cc1ccc(/C=N\Nc2ccc(C)c(Cl)c2)c(C)c1. The molecular formula is C16H17ClN2. The molecule has 0 spiro atoms. The molecule has 0 atom stereocenters. The summed E-state index contributed by atoms with van der Waals surface area (Å²) >= 11 is 6.06. The Kier molecular flexibility index (Phi) is 4.23. The number of hydrogen-bond acceptors (Lipinski definition) is 2. The molecule has 0 aliphatic carbocycles. The van der Waals surface area contributed by atoms with E-state index >= 15 is 0 Å². The average Bonchev–Trinajstić information content (AvgIpc) is 2.36. The molecule has 0 saturated carbocycles. The fourth-order valence-corrected chi connectivity index (χ4v) is 1.99. The fourth-order valence-electron chi connectivity index (χ4n) is 1.81. The number of nitrogens with one attached hydrogen (secondary N) is 1. The van der Waals surface area contributed by atoms with Gasteiger partial charge in [0.05, 0.1) is 11.9 Å². The largest absolute Gasteiger partial charge is 0.278 e. The second kappa shape index (κ2) is 5.89. The molecule has 1 N–H and O–H groups in total. The molecule has 0 heterocycles. The highest BCUT2D eigenvalue weighted by molar-refractivity contribution is 6.31. The maximum atomic E-state index is 6.06. The first-order valence-electron chi connectivity index (χ1n) is 6.19. The van der Waals surface area contributed by atoms with Crippen LogP contribution < -0.4 is 5.43 Å². The van der Waals surface area contributed by atoms with Crippen LogP contribution in [0.15, 0.2) is 41.5 Å². The third-order valence-electron chi connectivity index (χ3n) is 2.99. The van der Waals surface area contributed by atoms with Gasteiger partial charge in [0.15, 0.2) is 0 Å². The van der Waals surface area contributed by atoms with E-state index < -0.39 is 0 Å². The van der Waals surface area contributed by atoms with E-state index in [0.717, 1.165) is 21.8 Å². The van der Waals surface area contributed by atoms with Crippen molar-refractivity contribution in [3.8, 4) is 0 Å². The fraction of sp³-hybridized carbons (Fsp3) is 0.188. The Hall–Kier alpha value is -1.80. The minimum Gasteiger partial charge on any atom is -0.278 e. The number of rotatable bonds is 3. The zero-order valence-corrected chi connectivity index (χ0v) is 12.1. The van der Waals surface area contributed by atoms with E-state index in [1.165, 1.54) is 11.1 Å². The lowest BCUT2D eigenvalue weighted by atomic mass is 10.1. The first-order valence-corrected chi connectivity index (χ1v) is 6.56. The zero-order valence-electron chi connectivity index (χ0n) is 11.4. The summed E-state index contributed by atoms with van der Waals surface area (Å²) in [4.78, 5) is 0. The van der Waals surface area contributed by atoms with Gasteiger partial charge >= 0.3 is 0 Å². The first-order chi connectivity index (χ1) is 9.06. The average molecular weight is 273 g/mol. The van der Waals surface area contributed by atoms with Crippen molar-refractivity contribution in [3.05, 3.63) is 63.7 Å². The lowest BCUT2D eigenvalue weighted by molar-refractivity contribution is 1.32. The number of halogens is 1. The van der Waals surface area contributed by atoms with E-state index in [1.54, 1.807) is 0 Å². The van der Waals surface area contributed by atoms with Crippen LogP contribution in [0.2, 0.25) is 5.02 Å². The van der Waals surface area contributed by atoms with Crippen LogP contribution >= 0.6 is 11.6 Å². The molecule has 0 saturated heterocycles. The van der Waals surface area contributed by atoms with Crippen LogP contribution in [0.25, 0.3) is 0 Å². The van der Waals surface area contributed by atoms with E-state index in [4.69, 9.17) is 11.6 Å². The van der Waals surface area contributed by atoms with E-state index in [1.807, 2.05) is 31.3 Å². The summed E-state index contributed by atoms with van der Waals surface area (Å²) < 4.78 is 0. The predicted molar refractivity (Wildman–Crippen MR) is 83.3 cm³/mol. The lowest BCUT2D eigenvalue weighted by Gasteiger charge is -2.04. The van der Waals surface area contributed by atoms with Gasteiger partial charge < -0.3 is 0 Å². The van der Waals surface area contributed by atoms with E-state index in [2.05, 4.69) is 42.6 Å². The van der Waals surface area contributed by atoms with Crippen LogP contribution in [0.1, 0.15) is 22.3 Å². The summed E-state index contributed by atoms with van der Waals surface area (Å²) in [6.07, 6.45) is 1.82. The molecule has 0 aromatic heterocycles. The number of aryl methyl sites for hydroxylation is 3. The van der Waals surface area contributed by atoms with Crippen molar-refractivity contribution >= 4 is 23.5 Å². The molecule has 0 bridgehead atoms. The van der Waals surface area contributed by atoms with E-state index in [-0.39, 0.29) is 0 Å². The van der Waals surface area contributed by atoms with Crippen LogP contribution in [0.3, 0.4) is 0 Å². The van der Waals surface area contributed by atoms with Crippen LogP contribution in [-0.2, 0) is 0 Å². The van der Waals surface area contributed by atoms with Crippen LogP contribution in [0, 0.1) is 20.8 Å². The highest BCUT2D eigenvalue weighted by Gasteiger charge is 1.97. The van der Waals surface area contributed by atoms with Gasteiger partial charge in [-0.25, -0.2) is 0 Å². The van der Waals surface area contributed by atoms with Crippen molar-refractivity contribution in [1.82, 2.24) is 0 Å². The summed E-state index contributed by atoms with van der Waals surface area (Å²) in [5, 5.41) is 4.98. The van der Waals surface area contributed by atoms with Crippen LogP contribution in [-0.4, -0.2) is 6.21 Å². The summed E-state index contributed by atoms with van der Waals surface area (Å²) in [7, 11) is 0. The zero-order chi connectivity index (χ0) is 13.8. The van der Waals surface area contributed by atoms with Crippen molar-refractivity contribution in [1.29, 1.82) is 0 Å². The molecule has 2 rings (SSSR count). The quantitative estimate of drug-likeness (QED) is 0.635. The van der Waals surface area contributed by atoms with Gasteiger partial charge in [-0.2, -0.15) is 5.10 Å². The van der Waals surface area contributed by atoms with Crippen LogP contribution in [0.5, 0.6) is 0 Å². The Morgan fingerprint density at radius 2 is 1.79 bits per heavy atom. The molecule has 0 aliphatic heterocycles. The maximum absolute atomic E-state index is 6.06. The summed E-state index contributed by atoms with van der Waals surface area (Å²) in [5.41, 5.74) is 8.51. The molecule has 2 nitrogen and oxygen atoms in total. The predicted octanol–water partition coefficient (Wildman–Crippen LogP) is 4.71. The standard InChI is InChI=1S/C16H17ClN2/c1-11-4-6-14(13(3)8-11)10-18-19-15-7-5-12(2)16(17)9-15/h4-10,19H,1-3H3/b18-10-. The van der Waals surface area contributed by atoms with Crippen molar-refractivity contribution < 1.29 is 0 Å². The Balaban J connectivity index is 2.09. The van der Waals surface area contributed by atoms with Crippen molar-refractivity contribution in [2.24, 2.45) is 5.10 Å². The highest BCUT2D eigenvalue weighted by atomic mass is 35.5. The molecule has 0 unspecified atom stereocenters. The molecule has 19 heavy (non-hydrogen) atoms. The van der Waals surface area contributed by atoms with Gasteiger partial charge in [0.25, 0.3) is 0 Å². The van der Waals surface area contributed by atoms with Crippen LogP contribution in [0.4, 0.5) is 5.69 Å². The third-order valence-corrected chi connectivity index (χ3v) is 3.40. The second-order valence-corrected chi connectivity index (χ2v) is 5.10. The van der Waals surface area contributed by atoms with Gasteiger partial charge in [0.1, 0.15) is 0 Å². The Morgan fingerprint density at radius 3 is 2.47 bits per heavy atom. The van der Waals surface area contributed by atoms with Crippen molar-refractivity contribution in [2.45, 2.75) is 20.8 Å². The first kappa shape index (κ1) is 13.6. The molecule has 98 valence electrons. The highest BCUT2D eigenvalue weighted by Crippen LogP contribution is 2.19. The molecule has 0 fully saturated rings. The number of hydrogen-bond donors (Lipinski definition) is 1. The lowest BCUT2D eigenvalue weighted by Crippen LogP contribution is -1.93. The van der Waals surface area contributed by atoms with E-state index in [0.29, 0.717) is 0 Å². The molecule has 2 aromatic rings. The Labute approximate surface area is 119 Å². The number of hydrazone groups is 1. The Bertz CT molecular complexity index is 618. The van der Waals surface area contributed by atoms with E-state index in [9.17, 15) is 0 Å². The van der Waals surface area contributed by atoms with Crippen molar-refractivity contribution in [2.75, 3.05) is 5.43 Å². The molecule has 3 heteroatoms. The van der Waals surface area contributed by atoms with Gasteiger partial charge in [-0.1, -0.05) is 41.4 Å².